The number of rotatable bonds is 4. The van der Waals surface area contributed by atoms with E-state index in [4.69, 9.17) is 5.73 Å². The predicted octanol–water partition coefficient (Wildman–Crippen LogP) is 1.64. The first-order valence-corrected chi connectivity index (χ1v) is 5.73. The SMILES string of the molecule is CCCC(N)Cc1nc2ccncc2n1C. The van der Waals surface area contributed by atoms with Crippen LogP contribution in [0.15, 0.2) is 18.5 Å². The van der Waals surface area contributed by atoms with Gasteiger partial charge in [-0.05, 0) is 12.5 Å². The van der Waals surface area contributed by atoms with Crippen molar-refractivity contribution in [2.24, 2.45) is 12.8 Å². The van der Waals surface area contributed by atoms with Crippen LogP contribution in [0.1, 0.15) is 25.6 Å². The van der Waals surface area contributed by atoms with Gasteiger partial charge in [-0.15, -0.1) is 0 Å². The number of aromatic nitrogens is 3. The lowest BCUT2D eigenvalue weighted by molar-refractivity contribution is 0.576. The van der Waals surface area contributed by atoms with Crippen molar-refractivity contribution in [1.82, 2.24) is 14.5 Å². The van der Waals surface area contributed by atoms with Gasteiger partial charge in [0.2, 0.25) is 0 Å². The molecule has 0 amide bonds. The van der Waals surface area contributed by atoms with E-state index in [1.54, 1.807) is 6.20 Å². The molecule has 86 valence electrons. The summed E-state index contributed by atoms with van der Waals surface area (Å²) in [5.74, 6) is 1.05. The van der Waals surface area contributed by atoms with E-state index in [1.807, 2.05) is 19.3 Å². The molecule has 0 saturated heterocycles. The minimum absolute atomic E-state index is 0.202. The van der Waals surface area contributed by atoms with Crippen LogP contribution in [-0.2, 0) is 13.5 Å². The van der Waals surface area contributed by atoms with E-state index < -0.39 is 0 Å². The highest BCUT2D eigenvalue weighted by Gasteiger charge is 2.10. The first-order valence-electron chi connectivity index (χ1n) is 5.73. The van der Waals surface area contributed by atoms with Gasteiger partial charge in [0, 0.05) is 25.7 Å². The second kappa shape index (κ2) is 4.61. The Kier molecular flexibility index (Phi) is 3.19. The number of pyridine rings is 1. The molecule has 0 aliphatic heterocycles. The van der Waals surface area contributed by atoms with Gasteiger partial charge in [0.15, 0.2) is 0 Å². The summed E-state index contributed by atoms with van der Waals surface area (Å²) in [6.07, 6.45) is 6.61. The van der Waals surface area contributed by atoms with Gasteiger partial charge in [-0.2, -0.15) is 0 Å². The van der Waals surface area contributed by atoms with Gasteiger partial charge in [-0.25, -0.2) is 4.98 Å². The average Bonchev–Trinajstić information content (AvgIpc) is 2.57. The molecule has 0 aliphatic rings. The molecule has 2 aromatic rings. The third-order valence-electron chi connectivity index (χ3n) is 2.88. The van der Waals surface area contributed by atoms with Gasteiger partial charge in [-0.3, -0.25) is 4.98 Å². The monoisotopic (exact) mass is 218 g/mol. The molecule has 2 aromatic heterocycles. The Bertz CT molecular complexity index is 475. The summed E-state index contributed by atoms with van der Waals surface area (Å²) in [7, 11) is 2.02. The zero-order valence-electron chi connectivity index (χ0n) is 9.85. The largest absolute Gasteiger partial charge is 0.330 e. The molecular formula is C12H18N4. The van der Waals surface area contributed by atoms with Crippen molar-refractivity contribution in [2.45, 2.75) is 32.2 Å². The number of imidazole rings is 1. The fraction of sp³-hybridized carbons (Fsp3) is 0.500. The van der Waals surface area contributed by atoms with Crippen LogP contribution in [-0.4, -0.2) is 20.6 Å². The highest BCUT2D eigenvalue weighted by Crippen LogP contribution is 2.14. The molecule has 1 unspecified atom stereocenters. The smallest absolute Gasteiger partial charge is 0.111 e. The summed E-state index contributed by atoms with van der Waals surface area (Å²) in [5.41, 5.74) is 8.11. The third-order valence-corrected chi connectivity index (χ3v) is 2.88. The molecule has 0 bridgehead atoms. The number of nitrogens with zero attached hydrogens (tertiary/aromatic N) is 3. The molecule has 0 aromatic carbocycles. The Balaban J connectivity index is 2.27. The number of nitrogens with two attached hydrogens (primary N) is 1. The molecule has 0 radical (unpaired) electrons. The fourth-order valence-corrected chi connectivity index (χ4v) is 1.97. The van der Waals surface area contributed by atoms with E-state index in [-0.39, 0.29) is 6.04 Å². The van der Waals surface area contributed by atoms with Crippen LogP contribution in [0.2, 0.25) is 0 Å². The zero-order chi connectivity index (χ0) is 11.5. The van der Waals surface area contributed by atoms with Crippen LogP contribution < -0.4 is 5.73 Å². The first-order chi connectivity index (χ1) is 7.72. The zero-order valence-corrected chi connectivity index (χ0v) is 9.85. The topological polar surface area (TPSA) is 56.7 Å². The molecule has 4 nitrogen and oxygen atoms in total. The quantitative estimate of drug-likeness (QED) is 0.848. The molecule has 2 heterocycles. The lowest BCUT2D eigenvalue weighted by Crippen LogP contribution is -2.24. The van der Waals surface area contributed by atoms with Crippen molar-refractivity contribution < 1.29 is 0 Å². The lowest BCUT2D eigenvalue weighted by atomic mass is 10.1. The van der Waals surface area contributed by atoms with E-state index in [0.29, 0.717) is 0 Å². The average molecular weight is 218 g/mol. The standard InChI is InChI=1S/C12H18N4/c1-3-4-9(13)7-12-15-10-5-6-14-8-11(10)16(12)2/h5-6,8-9H,3-4,7,13H2,1-2H3. The Morgan fingerprint density at radius 3 is 3.00 bits per heavy atom. The molecule has 16 heavy (non-hydrogen) atoms. The maximum Gasteiger partial charge on any atom is 0.111 e. The second-order valence-electron chi connectivity index (χ2n) is 4.20. The van der Waals surface area contributed by atoms with E-state index in [1.165, 1.54) is 0 Å². The highest BCUT2D eigenvalue weighted by molar-refractivity contribution is 5.74. The van der Waals surface area contributed by atoms with E-state index in [2.05, 4.69) is 21.5 Å². The van der Waals surface area contributed by atoms with Gasteiger partial charge in [0.1, 0.15) is 5.82 Å². The fourth-order valence-electron chi connectivity index (χ4n) is 1.97. The van der Waals surface area contributed by atoms with Gasteiger partial charge in [0.05, 0.1) is 17.2 Å². The predicted molar refractivity (Wildman–Crippen MR) is 65.1 cm³/mol. The number of aryl methyl sites for hydroxylation is 1. The van der Waals surface area contributed by atoms with Crippen molar-refractivity contribution in [3.63, 3.8) is 0 Å². The third kappa shape index (κ3) is 2.07. The molecule has 0 aliphatic carbocycles. The normalized spacial score (nSPS) is 13.2. The maximum atomic E-state index is 6.04. The number of hydrogen-bond acceptors (Lipinski definition) is 3. The molecular weight excluding hydrogens is 200 g/mol. The molecule has 1 atom stereocenters. The summed E-state index contributed by atoms with van der Waals surface area (Å²) in [4.78, 5) is 8.69. The van der Waals surface area contributed by atoms with Crippen molar-refractivity contribution in [1.29, 1.82) is 0 Å². The molecule has 0 spiro atoms. The van der Waals surface area contributed by atoms with E-state index >= 15 is 0 Å². The molecule has 2 rings (SSSR count). The summed E-state index contributed by atoms with van der Waals surface area (Å²) < 4.78 is 2.08. The second-order valence-corrected chi connectivity index (χ2v) is 4.20. The lowest BCUT2D eigenvalue weighted by Gasteiger charge is -2.09. The van der Waals surface area contributed by atoms with Crippen molar-refractivity contribution in [2.75, 3.05) is 0 Å². The Morgan fingerprint density at radius 1 is 1.50 bits per heavy atom. The molecule has 2 N–H and O–H groups in total. The Labute approximate surface area is 95.5 Å². The van der Waals surface area contributed by atoms with Crippen LogP contribution in [0.5, 0.6) is 0 Å². The van der Waals surface area contributed by atoms with Gasteiger partial charge >= 0.3 is 0 Å². The van der Waals surface area contributed by atoms with Crippen molar-refractivity contribution in [3.8, 4) is 0 Å². The van der Waals surface area contributed by atoms with E-state index in [9.17, 15) is 0 Å². The Morgan fingerprint density at radius 2 is 2.31 bits per heavy atom. The Hall–Kier alpha value is -1.42. The van der Waals surface area contributed by atoms with Crippen LogP contribution >= 0.6 is 0 Å². The summed E-state index contributed by atoms with van der Waals surface area (Å²) in [6.45, 7) is 2.15. The van der Waals surface area contributed by atoms with Crippen LogP contribution in [0.25, 0.3) is 11.0 Å². The van der Waals surface area contributed by atoms with Crippen LogP contribution in [0, 0.1) is 0 Å². The number of fused-ring (bicyclic) bond motifs is 1. The summed E-state index contributed by atoms with van der Waals surface area (Å²) >= 11 is 0. The first kappa shape index (κ1) is 11.1. The minimum Gasteiger partial charge on any atom is -0.330 e. The maximum absolute atomic E-state index is 6.04. The molecule has 4 heteroatoms. The minimum atomic E-state index is 0.202. The van der Waals surface area contributed by atoms with E-state index in [0.717, 1.165) is 36.1 Å². The van der Waals surface area contributed by atoms with Crippen molar-refractivity contribution in [3.05, 3.63) is 24.3 Å². The number of hydrogen-bond donors (Lipinski definition) is 1. The van der Waals surface area contributed by atoms with Crippen molar-refractivity contribution >= 4 is 11.0 Å². The van der Waals surface area contributed by atoms with Gasteiger partial charge < -0.3 is 10.3 Å². The van der Waals surface area contributed by atoms with Crippen LogP contribution in [0.4, 0.5) is 0 Å². The van der Waals surface area contributed by atoms with Gasteiger partial charge in [-0.1, -0.05) is 13.3 Å². The molecule has 0 saturated carbocycles. The highest BCUT2D eigenvalue weighted by atomic mass is 15.1. The summed E-state index contributed by atoms with van der Waals surface area (Å²) in [5, 5.41) is 0. The van der Waals surface area contributed by atoms with Gasteiger partial charge in [0.25, 0.3) is 0 Å². The summed E-state index contributed by atoms with van der Waals surface area (Å²) in [6, 6.07) is 2.14. The molecule has 0 fully saturated rings. The van der Waals surface area contributed by atoms with Crippen LogP contribution in [0.3, 0.4) is 0 Å².